The summed E-state index contributed by atoms with van der Waals surface area (Å²) in [4.78, 5) is 13.3. The third-order valence-electron chi connectivity index (χ3n) is 10.0. The lowest BCUT2D eigenvalue weighted by molar-refractivity contribution is -0.276. The van der Waals surface area contributed by atoms with Gasteiger partial charge in [-0.3, -0.25) is 10.2 Å². The van der Waals surface area contributed by atoms with Crippen LogP contribution in [-0.4, -0.2) is 138 Å². The Hall–Kier alpha value is -2.62. The Kier molecular flexibility index (Phi) is 11.8. The van der Waals surface area contributed by atoms with Gasteiger partial charge in [-0.2, -0.15) is 0 Å². The number of amides is 1. The zero-order valence-corrected chi connectivity index (χ0v) is 27.2. The smallest absolute Gasteiger partial charge is 0.252 e. The van der Waals surface area contributed by atoms with Gasteiger partial charge in [-0.25, -0.2) is 0 Å². The second kappa shape index (κ2) is 15.5. The summed E-state index contributed by atoms with van der Waals surface area (Å²) in [7, 11) is 1.60. The molecule has 0 aromatic carbocycles. The number of ether oxygens (including phenoxy) is 4. The van der Waals surface area contributed by atoms with Crippen molar-refractivity contribution in [1.29, 1.82) is 5.41 Å². The first-order chi connectivity index (χ1) is 22.8. The van der Waals surface area contributed by atoms with Gasteiger partial charge in [-0.05, 0) is 51.3 Å². The minimum Gasteiger partial charge on any atom is -0.515 e. The summed E-state index contributed by atoms with van der Waals surface area (Å²) in [5, 5.41) is 62.5. The average Bonchev–Trinajstić information content (AvgIpc) is 3.00. The zero-order chi connectivity index (χ0) is 34.7. The van der Waals surface area contributed by atoms with E-state index in [9.17, 15) is 25.2 Å². The number of aliphatic hydroxyl groups is 4. The fourth-order valence-electron chi connectivity index (χ4n) is 7.21. The second-order valence-electron chi connectivity index (χ2n) is 13.8. The Morgan fingerprint density at radius 3 is 2.44 bits per heavy atom. The van der Waals surface area contributed by atoms with Gasteiger partial charge in [-0.15, -0.1) is 0 Å². The van der Waals surface area contributed by atoms with Crippen LogP contribution < -0.4 is 44.2 Å². The number of carbonyl (C=O) groups is 1. The number of carbonyl (C=O) groups excluding carboxylic acids is 1. The first-order valence-corrected chi connectivity index (χ1v) is 16.6. The molecule has 17 N–H and O–H groups in total. The van der Waals surface area contributed by atoms with E-state index in [1.807, 2.05) is 6.08 Å². The third kappa shape index (κ3) is 8.22. The highest BCUT2D eigenvalue weighted by atomic mass is 16.7. The molecule has 0 aromatic heterocycles. The fraction of sp³-hybridized carbons (Fsp3) is 0.800. The van der Waals surface area contributed by atoms with Gasteiger partial charge in [-0.1, -0.05) is 0 Å². The van der Waals surface area contributed by atoms with Crippen molar-refractivity contribution >= 4 is 11.9 Å². The number of nitrogens with one attached hydrogen (secondary N) is 5. The third-order valence-corrected chi connectivity index (χ3v) is 10.0. The first-order valence-electron chi connectivity index (χ1n) is 16.6. The van der Waals surface area contributed by atoms with Gasteiger partial charge in [0, 0.05) is 36.5 Å². The van der Waals surface area contributed by atoms with Gasteiger partial charge < -0.3 is 83.6 Å². The molecule has 272 valence electrons. The topological polar surface area (TPSA) is 311 Å². The number of hydrogen-bond donors (Lipinski definition) is 13. The molecule has 18 heteroatoms. The molecule has 1 saturated heterocycles. The van der Waals surface area contributed by atoms with Crippen molar-refractivity contribution in [2.24, 2.45) is 28.9 Å². The van der Waals surface area contributed by atoms with Crippen molar-refractivity contribution in [3.8, 4) is 0 Å². The largest absolute Gasteiger partial charge is 0.515 e. The summed E-state index contributed by atoms with van der Waals surface area (Å²) in [6.07, 6.45) is -2.01. The van der Waals surface area contributed by atoms with Crippen LogP contribution in [0, 0.1) is 11.3 Å². The lowest BCUT2D eigenvalue weighted by Gasteiger charge is -2.48. The first kappa shape index (κ1) is 36.7. The van der Waals surface area contributed by atoms with Crippen molar-refractivity contribution < 1.29 is 44.2 Å². The summed E-state index contributed by atoms with van der Waals surface area (Å²) in [6.45, 7) is 1.21. The molecule has 0 bridgehead atoms. The molecule has 3 saturated carbocycles. The summed E-state index contributed by atoms with van der Waals surface area (Å²) in [5.74, 6) is 0.198. The van der Waals surface area contributed by atoms with E-state index in [1.165, 1.54) is 0 Å². The van der Waals surface area contributed by atoms with Gasteiger partial charge in [0.05, 0.1) is 37.5 Å². The van der Waals surface area contributed by atoms with E-state index in [4.69, 9.17) is 47.3 Å². The highest BCUT2D eigenvalue weighted by molar-refractivity contribution is 5.87. The van der Waals surface area contributed by atoms with E-state index in [1.54, 1.807) is 7.05 Å². The molecule has 4 fully saturated rings. The molecule has 5 rings (SSSR count). The summed E-state index contributed by atoms with van der Waals surface area (Å²) < 4.78 is 24.2. The molecule has 0 spiro atoms. The molecule has 18 nitrogen and oxygen atoms in total. The number of aliphatic hydroxyl groups excluding tert-OH is 3. The Labute approximate surface area is 279 Å². The standard InChI is InChI=1S/C30H53N9O9/c1-36-21-14(11-40)12-45-27(22(21)41)48-25-20(39-28(43)30(44)7-16(8-30)38-29(34)35)6-19(33)24(23(25)42)47-26-18(32)3-2-17(46-26)10-37-9-13-4-15(31)5-13/h2,11,13,15-16,18-27,36-37,40-42,44H,3-10,12,31-33H2,1H3,(H,39,43)(H4,34,35,38)/b14-11-/t13?,15?,16?,18-,19+,20-,21+,22-,23+,24?,25+,26-,27-,30?/m1/s1. The number of hydrogen-bond acceptors (Lipinski definition) is 15. The molecule has 10 atom stereocenters. The van der Waals surface area contributed by atoms with E-state index < -0.39 is 72.7 Å². The predicted octanol–water partition coefficient (Wildman–Crippen LogP) is -4.26. The van der Waals surface area contributed by atoms with Crippen molar-refractivity contribution in [2.75, 3.05) is 26.7 Å². The number of guanidine groups is 1. The predicted molar refractivity (Wildman–Crippen MR) is 172 cm³/mol. The van der Waals surface area contributed by atoms with Crippen LogP contribution in [-0.2, 0) is 23.7 Å². The molecule has 48 heavy (non-hydrogen) atoms. The average molecular weight is 684 g/mol. The molecule has 0 aromatic rings. The van der Waals surface area contributed by atoms with E-state index >= 15 is 0 Å². The molecule has 1 unspecified atom stereocenters. The van der Waals surface area contributed by atoms with Crippen LogP contribution >= 0.6 is 0 Å². The highest BCUT2D eigenvalue weighted by Crippen LogP contribution is 2.35. The number of nitrogens with two attached hydrogens (primary N) is 4. The monoisotopic (exact) mass is 683 g/mol. The lowest BCUT2D eigenvalue weighted by Crippen LogP contribution is -2.70. The van der Waals surface area contributed by atoms with E-state index in [0.717, 1.165) is 25.6 Å². The molecule has 3 aliphatic carbocycles. The van der Waals surface area contributed by atoms with Gasteiger partial charge in [0.15, 0.2) is 12.2 Å². The molecule has 2 heterocycles. The minimum atomic E-state index is -1.75. The Bertz CT molecular complexity index is 1200. The van der Waals surface area contributed by atoms with Crippen molar-refractivity contribution in [3.05, 3.63) is 23.7 Å². The molecule has 1 amide bonds. The van der Waals surface area contributed by atoms with Gasteiger partial charge >= 0.3 is 0 Å². The normalized spacial score (nSPS) is 43.7. The second-order valence-corrected chi connectivity index (χ2v) is 13.8. The highest BCUT2D eigenvalue weighted by Gasteiger charge is 2.53. The maximum Gasteiger partial charge on any atom is 0.252 e. The van der Waals surface area contributed by atoms with Crippen molar-refractivity contribution in [2.45, 2.75) is 117 Å². The van der Waals surface area contributed by atoms with Crippen LogP contribution in [0.25, 0.3) is 0 Å². The minimum absolute atomic E-state index is 0.0113. The van der Waals surface area contributed by atoms with Gasteiger partial charge in [0.25, 0.3) is 5.91 Å². The number of rotatable bonds is 12. The van der Waals surface area contributed by atoms with Gasteiger partial charge in [0.2, 0.25) is 6.29 Å². The van der Waals surface area contributed by atoms with E-state index in [-0.39, 0.29) is 43.9 Å². The molecular weight excluding hydrogens is 630 g/mol. The molecule has 5 aliphatic rings. The van der Waals surface area contributed by atoms with Crippen LogP contribution in [0.15, 0.2) is 23.7 Å². The van der Waals surface area contributed by atoms with Crippen LogP contribution in [0.2, 0.25) is 0 Å². The van der Waals surface area contributed by atoms with Crippen LogP contribution in [0.3, 0.4) is 0 Å². The Morgan fingerprint density at radius 2 is 1.79 bits per heavy atom. The zero-order valence-electron chi connectivity index (χ0n) is 27.2. The maximum absolute atomic E-state index is 13.3. The Balaban J connectivity index is 1.27. The quantitative estimate of drug-likeness (QED) is 0.0526. The van der Waals surface area contributed by atoms with E-state index in [2.05, 4.69) is 21.3 Å². The van der Waals surface area contributed by atoms with Crippen LogP contribution in [0.4, 0.5) is 0 Å². The SMILES string of the molecule is CN[C@H]1/C(=C\O)CO[C@H](O[C@H]2[C@H](NC(=O)C3(O)CC(NC(=N)N)C3)C[C@H](N)C(O[C@H]3OC(CNCC4CC(N)C4)=CC[C@H]3N)[C@@H]2O)[C@@H]1O. The van der Waals surface area contributed by atoms with E-state index in [0.29, 0.717) is 30.2 Å². The van der Waals surface area contributed by atoms with Gasteiger partial charge in [0.1, 0.15) is 35.8 Å². The lowest BCUT2D eigenvalue weighted by atomic mass is 9.74. The molecule has 2 aliphatic heterocycles. The fourth-order valence-corrected chi connectivity index (χ4v) is 7.21. The molecule has 0 radical (unpaired) electrons. The Morgan fingerprint density at radius 1 is 1.08 bits per heavy atom. The number of likely N-dealkylation sites (N-methyl/N-ethyl adjacent to an activating group) is 1. The summed E-state index contributed by atoms with van der Waals surface area (Å²) >= 11 is 0. The van der Waals surface area contributed by atoms with Crippen molar-refractivity contribution in [3.63, 3.8) is 0 Å². The maximum atomic E-state index is 13.3. The van der Waals surface area contributed by atoms with Crippen LogP contribution in [0.1, 0.15) is 38.5 Å². The van der Waals surface area contributed by atoms with Crippen LogP contribution in [0.5, 0.6) is 0 Å². The van der Waals surface area contributed by atoms with Crippen molar-refractivity contribution in [1.82, 2.24) is 21.3 Å². The summed E-state index contributed by atoms with van der Waals surface area (Å²) in [6, 6.07) is -3.13. The summed E-state index contributed by atoms with van der Waals surface area (Å²) in [5.41, 5.74) is 22.8. The molecular formula is C30H53N9O9.